The Balaban J connectivity index is 2.27. The van der Waals surface area contributed by atoms with Gasteiger partial charge in [0.15, 0.2) is 0 Å². The van der Waals surface area contributed by atoms with E-state index in [0.717, 1.165) is 0 Å². The smallest absolute Gasteiger partial charge is 0.339 e. The van der Waals surface area contributed by atoms with E-state index in [2.05, 4.69) is 10.3 Å². The number of benzene rings is 1. The summed E-state index contributed by atoms with van der Waals surface area (Å²) < 4.78 is 0. The fourth-order valence-electron chi connectivity index (χ4n) is 1.41. The molecule has 0 bridgehead atoms. The Bertz CT molecular complexity index is 582. The quantitative estimate of drug-likeness (QED) is 0.614. The lowest BCUT2D eigenvalue weighted by Crippen LogP contribution is -1.99. The molecule has 6 nitrogen and oxygen atoms in total. The van der Waals surface area contributed by atoms with Crippen LogP contribution in [-0.2, 0) is 0 Å². The molecule has 1 aromatic heterocycles. The number of nitrogens with two attached hydrogens (primary N) is 1. The van der Waals surface area contributed by atoms with Gasteiger partial charge in [0.25, 0.3) is 0 Å². The van der Waals surface area contributed by atoms with Crippen LogP contribution in [0, 0.1) is 0 Å². The van der Waals surface area contributed by atoms with Crippen LogP contribution >= 0.6 is 0 Å². The van der Waals surface area contributed by atoms with E-state index in [-0.39, 0.29) is 11.3 Å². The maximum Gasteiger partial charge on any atom is 0.339 e. The third-order valence-electron chi connectivity index (χ3n) is 2.29. The van der Waals surface area contributed by atoms with Crippen LogP contribution in [0.25, 0.3) is 0 Å². The molecule has 5 N–H and O–H groups in total. The van der Waals surface area contributed by atoms with Crippen LogP contribution in [0.1, 0.15) is 10.4 Å². The monoisotopic (exact) mass is 245 g/mol. The molecule has 6 heteroatoms. The molecule has 0 spiro atoms. The van der Waals surface area contributed by atoms with E-state index in [9.17, 15) is 9.90 Å². The molecule has 1 heterocycles. The molecule has 1 aromatic carbocycles. The number of aromatic carboxylic acids is 1. The first-order valence-corrected chi connectivity index (χ1v) is 5.11. The van der Waals surface area contributed by atoms with E-state index in [1.807, 2.05) is 0 Å². The number of pyridine rings is 1. The average Bonchev–Trinajstić information content (AvgIpc) is 2.34. The van der Waals surface area contributed by atoms with Gasteiger partial charge < -0.3 is 21.3 Å². The van der Waals surface area contributed by atoms with Crippen molar-refractivity contribution in [2.24, 2.45) is 0 Å². The fraction of sp³-hybridized carbons (Fsp3) is 0. The second kappa shape index (κ2) is 4.62. The van der Waals surface area contributed by atoms with Crippen molar-refractivity contribution >= 4 is 23.2 Å². The Kier molecular flexibility index (Phi) is 3.01. The molecule has 0 amide bonds. The normalized spacial score (nSPS) is 10.0. The number of hydrogen-bond donors (Lipinski definition) is 4. The number of nitrogens with zero attached hydrogens (tertiary/aromatic N) is 1. The van der Waals surface area contributed by atoms with Crippen molar-refractivity contribution in [3.63, 3.8) is 0 Å². The molecule has 0 saturated heterocycles. The maximum atomic E-state index is 10.9. The topological polar surface area (TPSA) is 108 Å². The summed E-state index contributed by atoms with van der Waals surface area (Å²) in [5, 5.41) is 21.2. The zero-order valence-electron chi connectivity index (χ0n) is 9.29. The molecular weight excluding hydrogens is 234 g/mol. The molecule has 0 fully saturated rings. The lowest BCUT2D eigenvalue weighted by molar-refractivity contribution is 0.0694. The first-order chi connectivity index (χ1) is 8.56. The van der Waals surface area contributed by atoms with Gasteiger partial charge in [0.1, 0.15) is 17.1 Å². The molecule has 92 valence electrons. The van der Waals surface area contributed by atoms with Gasteiger partial charge in [-0.3, -0.25) is 0 Å². The molecule has 0 saturated carbocycles. The zero-order chi connectivity index (χ0) is 13.1. The number of nitrogen functional groups attached to an aromatic ring is 1. The number of carboxylic acids is 1. The van der Waals surface area contributed by atoms with Gasteiger partial charge in [-0.25, -0.2) is 9.78 Å². The van der Waals surface area contributed by atoms with Crippen molar-refractivity contribution in [2.75, 3.05) is 11.1 Å². The minimum absolute atomic E-state index is 0.171. The first-order valence-electron chi connectivity index (χ1n) is 5.11. The summed E-state index contributed by atoms with van der Waals surface area (Å²) in [6.45, 7) is 0. The molecule has 2 aromatic rings. The largest absolute Gasteiger partial charge is 0.507 e. The number of rotatable bonds is 3. The number of carbonyl (C=O) groups is 1. The Hall–Kier alpha value is -2.76. The Morgan fingerprint density at radius 3 is 2.67 bits per heavy atom. The molecule has 0 aliphatic heterocycles. The average molecular weight is 245 g/mol. The van der Waals surface area contributed by atoms with Gasteiger partial charge >= 0.3 is 5.97 Å². The highest BCUT2D eigenvalue weighted by atomic mass is 16.4. The van der Waals surface area contributed by atoms with Crippen molar-refractivity contribution in [3.8, 4) is 5.75 Å². The van der Waals surface area contributed by atoms with Crippen LogP contribution in [0.5, 0.6) is 5.75 Å². The highest BCUT2D eigenvalue weighted by Gasteiger charge is 2.10. The molecule has 0 atom stereocenters. The lowest BCUT2D eigenvalue weighted by atomic mass is 10.2. The first kappa shape index (κ1) is 11.7. The summed E-state index contributed by atoms with van der Waals surface area (Å²) in [7, 11) is 0. The van der Waals surface area contributed by atoms with Crippen LogP contribution in [0.3, 0.4) is 0 Å². The number of anilines is 3. The Morgan fingerprint density at radius 2 is 2.06 bits per heavy atom. The third-order valence-corrected chi connectivity index (χ3v) is 2.29. The number of aromatic hydroxyl groups is 1. The van der Waals surface area contributed by atoms with Crippen LogP contribution in [-0.4, -0.2) is 21.2 Å². The number of nitrogens with one attached hydrogen (secondary N) is 1. The molecule has 0 aliphatic rings. The van der Waals surface area contributed by atoms with Crippen LogP contribution in [0.4, 0.5) is 17.2 Å². The molecule has 18 heavy (non-hydrogen) atoms. The minimum atomic E-state index is -1.19. The SMILES string of the molecule is Nc1ccc(Nc2ccc(O)c(C(=O)O)c2)nc1. The number of carboxylic acid groups (broad SMARTS) is 1. The highest BCUT2D eigenvalue weighted by molar-refractivity contribution is 5.92. The van der Waals surface area contributed by atoms with E-state index in [0.29, 0.717) is 17.2 Å². The van der Waals surface area contributed by atoms with E-state index < -0.39 is 5.97 Å². The Morgan fingerprint density at radius 1 is 1.28 bits per heavy atom. The van der Waals surface area contributed by atoms with Gasteiger partial charge in [-0.1, -0.05) is 0 Å². The van der Waals surface area contributed by atoms with Crippen molar-refractivity contribution in [3.05, 3.63) is 42.1 Å². The van der Waals surface area contributed by atoms with Crippen molar-refractivity contribution in [1.82, 2.24) is 4.98 Å². The molecule has 0 unspecified atom stereocenters. The molecule has 0 radical (unpaired) electrons. The van der Waals surface area contributed by atoms with Crippen LogP contribution in [0.15, 0.2) is 36.5 Å². The van der Waals surface area contributed by atoms with Gasteiger partial charge in [-0.15, -0.1) is 0 Å². The number of phenols is 1. The fourth-order valence-corrected chi connectivity index (χ4v) is 1.41. The summed E-state index contributed by atoms with van der Waals surface area (Å²) in [5.74, 6) is -0.939. The van der Waals surface area contributed by atoms with Gasteiger partial charge in [0, 0.05) is 5.69 Å². The number of hydrogen-bond acceptors (Lipinski definition) is 5. The van der Waals surface area contributed by atoms with Gasteiger partial charge in [-0.2, -0.15) is 0 Å². The lowest BCUT2D eigenvalue weighted by Gasteiger charge is -2.07. The van der Waals surface area contributed by atoms with E-state index >= 15 is 0 Å². The summed E-state index contributed by atoms with van der Waals surface area (Å²) in [6.07, 6.45) is 1.49. The summed E-state index contributed by atoms with van der Waals surface area (Å²) >= 11 is 0. The van der Waals surface area contributed by atoms with Crippen LogP contribution < -0.4 is 11.1 Å². The molecular formula is C12H11N3O3. The zero-order valence-corrected chi connectivity index (χ0v) is 9.29. The second-order valence-electron chi connectivity index (χ2n) is 3.64. The third kappa shape index (κ3) is 2.49. The van der Waals surface area contributed by atoms with Gasteiger partial charge in [0.2, 0.25) is 0 Å². The van der Waals surface area contributed by atoms with Crippen molar-refractivity contribution in [1.29, 1.82) is 0 Å². The predicted octanol–water partition coefficient (Wildman–Crippen LogP) is 1.81. The number of aromatic nitrogens is 1. The van der Waals surface area contributed by atoms with E-state index in [4.69, 9.17) is 10.8 Å². The minimum Gasteiger partial charge on any atom is -0.507 e. The van der Waals surface area contributed by atoms with Gasteiger partial charge in [0.05, 0.1) is 11.9 Å². The van der Waals surface area contributed by atoms with Gasteiger partial charge in [-0.05, 0) is 30.3 Å². The molecule has 2 rings (SSSR count). The van der Waals surface area contributed by atoms with Crippen molar-refractivity contribution < 1.29 is 15.0 Å². The van der Waals surface area contributed by atoms with E-state index in [1.165, 1.54) is 18.3 Å². The maximum absolute atomic E-state index is 10.9. The summed E-state index contributed by atoms with van der Waals surface area (Å²) in [4.78, 5) is 14.9. The standard InChI is InChI=1S/C12H11N3O3/c13-7-1-4-11(14-6-7)15-8-2-3-10(16)9(5-8)12(17)18/h1-6,16H,13H2,(H,14,15)(H,17,18). The summed E-state index contributed by atoms with van der Waals surface area (Å²) in [6, 6.07) is 7.54. The predicted molar refractivity (Wildman–Crippen MR) is 67.0 cm³/mol. The second-order valence-corrected chi connectivity index (χ2v) is 3.64. The summed E-state index contributed by atoms with van der Waals surface area (Å²) in [5.41, 5.74) is 6.39. The van der Waals surface area contributed by atoms with E-state index in [1.54, 1.807) is 18.2 Å². The highest BCUT2D eigenvalue weighted by Crippen LogP contribution is 2.23. The van der Waals surface area contributed by atoms with Crippen molar-refractivity contribution in [2.45, 2.75) is 0 Å². The van der Waals surface area contributed by atoms with Crippen LogP contribution in [0.2, 0.25) is 0 Å². The molecule has 0 aliphatic carbocycles. The Labute approximate surface area is 103 Å².